The molecule has 0 radical (unpaired) electrons. The molecular weight excluding hydrogens is 280 g/mol. The lowest BCUT2D eigenvalue weighted by Crippen LogP contribution is -2.54. The van der Waals surface area contributed by atoms with Crippen LogP contribution < -0.4 is 0 Å². The Kier molecular flexibility index (Phi) is 7.37. The van der Waals surface area contributed by atoms with Crippen LogP contribution in [-0.4, -0.2) is 22.2 Å². The second-order valence-electron chi connectivity index (χ2n) is 6.90. The minimum atomic E-state index is -1.07. The van der Waals surface area contributed by atoms with Gasteiger partial charge in [0.1, 0.15) is 0 Å². The molecule has 1 rings (SSSR count). The quantitative estimate of drug-likeness (QED) is 0.565. The van der Waals surface area contributed by atoms with E-state index in [1.807, 2.05) is 0 Å². The Morgan fingerprint density at radius 1 is 0.773 bits per heavy atom. The van der Waals surface area contributed by atoms with Gasteiger partial charge in [-0.1, -0.05) is 65.2 Å². The number of carboxylic acid groups (broad SMARTS) is 2. The van der Waals surface area contributed by atoms with Gasteiger partial charge in [0, 0.05) is 0 Å². The second kappa shape index (κ2) is 8.54. The highest BCUT2D eigenvalue weighted by molar-refractivity contribution is 5.87. The third-order valence-corrected chi connectivity index (χ3v) is 5.61. The van der Waals surface area contributed by atoms with E-state index in [2.05, 4.69) is 13.8 Å². The van der Waals surface area contributed by atoms with Crippen LogP contribution in [0, 0.1) is 10.8 Å². The molecule has 0 saturated heterocycles. The van der Waals surface area contributed by atoms with Crippen LogP contribution in [0.1, 0.15) is 90.9 Å². The van der Waals surface area contributed by atoms with Crippen LogP contribution in [-0.2, 0) is 9.59 Å². The fourth-order valence-corrected chi connectivity index (χ4v) is 4.25. The lowest BCUT2D eigenvalue weighted by Gasteiger charge is -2.49. The van der Waals surface area contributed by atoms with Crippen LogP contribution in [0.15, 0.2) is 0 Å². The summed E-state index contributed by atoms with van der Waals surface area (Å²) in [7, 11) is 0. The maximum Gasteiger partial charge on any atom is 0.310 e. The van der Waals surface area contributed by atoms with Gasteiger partial charge in [-0.25, -0.2) is 0 Å². The summed E-state index contributed by atoms with van der Waals surface area (Å²) in [5.74, 6) is -1.77. The minimum Gasteiger partial charge on any atom is -0.481 e. The van der Waals surface area contributed by atoms with Crippen LogP contribution in [0.5, 0.6) is 0 Å². The SMILES string of the molecule is CCCCCC1(C(=O)O)CCCCC1(CCCCC)C(=O)O. The molecule has 1 fully saturated rings. The highest BCUT2D eigenvalue weighted by Crippen LogP contribution is 2.56. The molecule has 0 spiro atoms. The average Bonchev–Trinajstić information content (AvgIpc) is 2.48. The number of unbranched alkanes of at least 4 members (excludes halogenated alkanes) is 4. The van der Waals surface area contributed by atoms with E-state index in [1.165, 1.54) is 0 Å². The van der Waals surface area contributed by atoms with E-state index in [4.69, 9.17) is 0 Å². The van der Waals surface area contributed by atoms with Crippen molar-refractivity contribution >= 4 is 11.9 Å². The maximum atomic E-state index is 12.2. The van der Waals surface area contributed by atoms with Crippen LogP contribution >= 0.6 is 0 Å². The van der Waals surface area contributed by atoms with Crippen molar-refractivity contribution in [3.05, 3.63) is 0 Å². The number of carbonyl (C=O) groups is 2. The lowest BCUT2D eigenvalue weighted by atomic mass is 9.52. The van der Waals surface area contributed by atoms with E-state index in [1.54, 1.807) is 0 Å². The number of hydrogen-bond acceptors (Lipinski definition) is 2. The van der Waals surface area contributed by atoms with E-state index in [0.717, 1.165) is 51.4 Å². The van der Waals surface area contributed by atoms with E-state index in [0.29, 0.717) is 25.7 Å². The predicted octanol–water partition coefficient (Wildman–Crippen LogP) is 4.86. The zero-order valence-electron chi connectivity index (χ0n) is 14.2. The van der Waals surface area contributed by atoms with Gasteiger partial charge in [0.25, 0.3) is 0 Å². The molecule has 4 heteroatoms. The predicted molar refractivity (Wildman–Crippen MR) is 86.9 cm³/mol. The molecule has 4 nitrogen and oxygen atoms in total. The molecular formula is C18H32O4. The third kappa shape index (κ3) is 3.64. The monoisotopic (exact) mass is 312 g/mol. The zero-order chi connectivity index (χ0) is 16.6. The van der Waals surface area contributed by atoms with Gasteiger partial charge in [0.05, 0.1) is 10.8 Å². The van der Waals surface area contributed by atoms with Gasteiger partial charge in [-0.3, -0.25) is 9.59 Å². The molecule has 0 amide bonds. The summed E-state index contributed by atoms with van der Waals surface area (Å²) in [6, 6.07) is 0. The molecule has 2 unspecified atom stereocenters. The lowest BCUT2D eigenvalue weighted by molar-refractivity contribution is -0.182. The molecule has 22 heavy (non-hydrogen) atoms. The number of rotatable bonds is 10. The van der Waals surface area contributed by atoms with Crippen LogP contribution in [0.2, 0.25) is 0 Å². The highest BCUT2D eigenvalue weighted by atomic mass is 16.4. The van der Waals surface area contributed by atoms with E-state index < -0.39 is 22.8 Å². The van der Waals surface area contributed by atoms with Gasteiger partial charge in [0.2, 0.25) is 0 Å². The molecule has 0 bridgehead atoms. The topological polar surface area (TPSA) is 74.6 Å². The van der Waals surface area contributed by atoms with Crippen molar-refractivity contribution in [1.29, 1.82) is 0 Å². The van der Waals surface area contributed by atoms with Gasteiger partial charge in [-0.15, -0.1) is 0 Å². The first-order valence-electron chi connectivity index (χ1n) is 8.93. The van der Waals surface area contributed by atoms with Gasteiger partial charge < -0.3 is 10.2 Å². The summed E-state index contributed by atoms with van der Waals surface area (Å²) < 4.78 is 0. The first kappa shape index (κ1) is 19.0. The Hall–Kier alpha value is -1.06. The van der Waals surface area contributed by atoms with Gasteiger partial charge in [-0.2, -0.15) is 0 Å². The molecule has 0 aliphatic heterocycles. The van der Waals surface area contributed by atoms with Gasteiger partial charge in [0.15, 0.2) is 0 Å². The van der Waals surface area contributed by atoms with Crippen molar-refractivity contribution in [2.75, 3.05) is 0 Å². The summed E-state index contributed by atoms with van der Waals surface area (Å²) in [6.45, 7) is 4.17. The van der Waals surface area contributed by atoms with E-state index in [-0.39, 0.29) is 0 Å². The Balaban J connectivity index is 3.13. The number of carboxylic acids is 2. The molecule has 1 saturated carbocycles. The van der Waals surface area contributed by atoms with Crippen LogP contribution in [0.25, 0.3) is 0 Å². The molecule has 1 aliphatic rings. The normalized spacial score (nSPS) is 28.5. The summed E-state index contributed by atoms with van der Waals surface area (Å²) in [5, 5.41) is 19.9. The van der Waals surface area contributed by atoms with Gasteiger partial charge in [-0.05, 0) is 25.7 Å². The molecule has 0 aromatic carbocycles. The molecule has 128 valence electrons. The van der Waals surface area contributed by atoms with Crippen LogP contribution in [0.4, 0.5) is 0 Å². The Bertz CT molecular complexity index is 343. The second-order valence-corrected chi connectivity index (χ2v) is 6.90. The largest absolute Gasteiger partial charge is 0.481 e. The molecule has 2 N–H and O–H groups in total. The molecule has 0 aromatic rings. The average molecular weight is 312 g/mol. The fraction of sp³-hybridized carbons (Fsp3) is 0.889. The van der Waals surface area contributed by atoms with Crippen molar-refractivity contribution < 1.29 is 19.8 Å². The smallest absolute Gasteiger partial charge is 0.310 e. The zero-order valence-corrected chi connectivity index (χ0v) is 14.2. The summed E-state index contributed by atoms with van der Waals surface area (Å²) >= 11 is 0. The van der Waals surface area contributed by atoms with Gasteiger partial charge >= 0.3 is 11.9 Å². The highest BCUT2D eigenvalue weighted by Gasteiger charge is 2.61. The standard InChI is InChI=1S/C18H32O4/c1-3-5-7-11-17(15(19)20)13-9-10-14-18(17,16(21)22)12-8-6-4-2/h3-14H2,1-2H3,(H,19,20)(H,21,22). The molecule has 2 atom stereocenters. The van der Waals surface area contributed by atoms with Crippen molar-refractivity contribution in [3.63, 3.8) is 0 Å². The van der Waals surface area contributed by atoms with E-state index >= 15 is 0 Å². The van der Waals surface area contributed by atoms with Crippen molar-refractivity contribution in [3.8, 4) is 0 Å². The molecule has 0 heterocycles. The minimum absolute atomic E-state index is 0.509. The Morgan fingerprint density at radius 2 is 1.14 bits per heavy atom. The first-order valence-corrected chi connectivity index (χ1v) is 8.93. The Morgan fingerprint density at radius 3 is 1.41 bits per heavy atom. The summed E-state index contributed by atoms with van der Waals surface area (Å²) in [5.41, 5.74) is -2.14. The van der Waals surface area contributed by atoms with Crippen molar-refractivity contribution in [2.24, 2.45) is 10.8 Å². The summed E-state index contributed by atoms with van der Waals surface area (Å²) in [4.78, 5) is 24.3. The molecule has 1 aliphatic carbocycles. The number of hydrogen-bond donors (Lipinski definition) is 2. The molecule has 0 aromatic heterocycles. The Labute approximate surface area is 134 Å². The van der Waals surface area contributed by atoms with Crippen LogP contribution in [0.3, 0.4) is 0 Å². The summed E-state index contributed by atoms with van der Waals surface area (Å²) in [6.07, 6.45) is 9.33. The van der Waals surface area contributed by atoms with Crippen molar-refractivity contribution in [1.82, 2.24) is 0 Å². The fourth-order valence-electron chi connectivity index (χ4n) is 4.25. The number of aliphatic carboxylic acids is 2. The van der Waals surface area contributed by atoms with Crippen molar-refractivity contribution in [2.45, 2.75) is 90.9 Å². The first-order chi connectivity index (χ1) is 10.5. The van der Waals surface area contributed by atoms with E-state index in [9.17, 15) is 19.8 Å². The third-order valence-electron chi connectivity index (χ3n) is 5.61. The maximum absolute atomic E-state index is 12.2.